The van der Waals surface area contributed by atoms with Gasteiger partial charge in [0, 0.05) is 16.8 Å². The standard InChI is InChI=1S/C18H26N2S/c1-4-10-15-16(13-19)21-17(20-15)18(5-2,6-3)14-11-8-7-9-12-14/h7-9,11-12H,4-6,10,13,19H2,1-3H3. The van der Waals surface area contributed by atoms with E-state index < -0.39 is 0 Å². The number of aryl methyl sites for hydroxylation is 1. The number of nitrogens with two attached hydrogens (primary N) is 1. The fraction of sp³-hybridized carbons (Fsp3) is 0.500. The minimum atomic E-state index is 0.0296. The monoisotopic (exact) mass is 302 g/mol. The zero-order chi connectivity index (χ0) is 15.3. The Morgan fingerprint density at radius 2 is 1.76 bits per heavy atom. The van der Waals surface area contributed by atoms with Crippen molar-refractivity contribution in [3.63, 3.8) is 0 Å². The van der Waals surface area contributed by atoms with Crippen LogP contribution in [-0.4, -0.2) is 4.98 Å². The largest absolute Gasteiger partial charge is 0.326 e. The van der Waals surface area contributed by atoms with E-state index in [1.165, 1.54) is 21.1 Å². The molecule has 2 nitrogen and oxygen atoms in total. The molecular formula is C18H26N2S. The molecule has 2 N–H and O–H groups in total. The molecule has 0 saturated carbocycles. The zero-order valence-corrected chi connectivity index (χ0v) is 14.2. The Balaban J connectivity index is 2.53. The van der Waals surface area contributed by atoms with E-state index in [0.29, 0.717) is 6.54 Å². The summed E-state index contributed by atoms with van der Waals surface area (Å²) in [7, 11) is 0. The third kappa shape index (κ3) is 3.04. The highest BCUT2D eigenvalue weighted by Crippen LogP contribution is 2.41. The number of nitrogens with zero attached hydrogens (tertiary/aromatic N) is 1. The lowest BCUT2D eigenvalue weighted by molar-refractivity contribution is 0.474. The molecule has 3 heteroatoms. The maximum atomic E-state index is 5.93. The van der Waals surface area contributed by atoms with Crippen LogP contribution < -0.4 is 5.73 Å². The van der Waals surface area contributed by atoms with Crippen molar-refractivity contribution >= 4 is 11.3 Å². The van der Waals surface area contributed by atoms with Gasteiger partial charge >= 0.3 is 0 Å². The Hall–Kier alpha value is -1.19. The van der Waals surface area contributed by atoms with Gasteiger partial charge in [-0.2, -0.15) is 0 Å². The fourth-order valence-electron chi connectivity index (χ4n) is 3.02. The van der Waals surface area contributed by atoms with Crippen LogP contribution in [0.5, 0.6) is 0 Å². The van der Waals surface area contributed by atoms with Crippen molar-refractivity contribution < 1.29 is 0 Å². The van der Waals surface area contributed by atoms with Gasteiger partial charge in [-0.3, -0.25) is 0 Å². The Bertz CT molecular complexity index is 556. The lowest BCUT2D eigenvalue weighted by atomic mass is 9.76. The van der Waals surface area contributed by atoms with Gasteiger partial charge in [-0.1, -0.05) is 57.5 Å². The van der Waals surface area contributed by atoms with E-state index in [9.17, 15) is 0 Å². The first-order valence-corrected chi connectivity index (χ1v) is 8.78. The van der Waals surface area contributed by atoms with Gasteiger partial charge in [0.1, 0.15) is 5.01 Å². The number of rotatable bonds is 7. The number of aromatic nitrogens is 1. The van der Waals surface area contributed by atoms with Gasteiger partial charge < -0.3 is 5.73 Å². The number of thiazole rings is 1. The molecule has 0 aliphatic rings. The van der Waals surface area contributed by atoms with Crippen molar-refractivity contribution in [1.82, 2.24) is 4.98 Å². The summed E-state index contributed by atoms with van der Waals surface area (Å²) in [6.07, 6.45) is 4.28. The normalized spacial score (nSPS) is 11.8. The third-order valence-electron chi connectivity index (χ3n) is 4.39. The van der Waals surface area contributed by atoms with Crippen LogP contribution in [0, 0.1) is 0 Å². The lowest BCUT2D eigenvalue weighted by Crippen LogP contribution is -2.25. The molecule has 1 aromatic heterocycles. The van der Waals surface area contributed by atoms with Crippen molar-refractivity contribution in [3.8, 4) is 0 Å². The summed E-state index contributed by atoms with van der Waals surface area (Å²) in [5.74, 6) is 0. The van der Waals surface area contributed by atoms with Crippen LogP contribution in [0.15, 0.2) is 30.3 Å². The molecule has 2 rings (SSSR count). The first-order valence-electron chi connectivity index (χ1n) is 7.96. The molecule has 0 saturated heterocycles. The van der Waals surface area contributed by atoms with Crippen molar-refractivity contribution in [3.05, 3.63) is 51.5 Å². The third-order valence-corrected chi connectivity index (χ3v) is 5.72. The van der Waals surface area contributed by atoms with E-state index in [0.717, 1.165) is 25.7 Å². The molecule has 0 atom stereocenters. The molecule has 1 heterocycles. The summed E-state index contributed by atoms with van der Waals surface area (Å²) in [5.41, 5.74) is 8.54. The highest BCUT2D eigenvalue weighted by atomic mass is 32.1. The van der Waals surface area contributed by atoms with E-state index >= 15 is 0 Å². The van der Waals surface area contributed by atoms with Crippen molar-refractivity contribution in [2.75, 3.05) is 0 Å². The first kappa shape index (κ1) is 16.2. The van der Waals surface area contributed by atoms with Crippen molar-refractivity contribution in [2.45, 2.75) is 58.4 Å². The maximum Gasteiger partial charge on any atom is 0.104 e. The van der Waals surface area contributed by atoms with Crippen LogP contribution in [0.4, 0.5) is 0 Å². The molecule has 0 spiro atoms. The average Bonchev–Trinajstić information content (AvgIpc) is 2.94. The maximum absolute atomic E-state index is 5.93. The first-order chi connectivity index (χ1) is 10.2. The van der Waals surface area contributed by atoms with Crippen molar-refractivity contribution in [2.24, 2.45) is 5.73 Å². The fourth-order valence-corrected chi connectivity index (χ4v) is 4.36. The summed E-state index contributed by atoms with van der Waals surface area (Å²) in [6.45, 7) is 7.33. The van der Waals surface area contributed by atoms with Crippen LogP contribution in [0.2, 0.25) is 0 Å². The molecule has 0 unspecified atom stereocenters. The van der Waals surface area contributed by atoms with E-state index in [1.54, 1.807) is 0 Å². The topological polar surface area (TPSA) is 38.9 Å². The SMILES string of the molecule is CCCc1nc(C(CC)(CC)c2ccccc2)sc1CN. The predicted octanol–water partition coefficient (Wildman–Crippen LogP) is 4.66. The van der Waals surface area contributed by atoms with Gasteiger partial charge in [-0.05, 0) is 24.8 Å². The second-order valence-corrected chi connectivity index (χ2v) is 6.58. The van der Waals surface area contributed by atoms with Gasteiger partial charge in [0.05, 0.1) is 5.69 Å². The van der Waals surface area contributed by atoms with Crippen LogP contribution >= 0.6 is 11.3 Å². The summed E-state index contributed by atoms with van der Waals surface area (Å²) in [6, 6.07) is 10.8. The van der Waals surface area contributed by atoms with Gasteiger partial charge in [0.25, 0.3) is 0 Å². The van der Waals surface area contributed by atoms with E-state index in [4.69, 9.17) is 10.7 Å². The summed E-state index contributed by atoms with van der Waals surface area (Å²) < 4.78 is 0. The number of hydrogen-bond donors (Lipinski definition) is 1. The highest BCUT2D eigenvalue weighted by Gasteiger charge is 2.34. The number of hydrogen-bond acceptors (Lipinski definition) is 3. The highest BCUT2D eigenvalue weighted by molar-refractivity contribution is 7.12. The Kier molecular flexibility index (Phi) is 5.54. The second kappa shape index (κ2) is 7.19. The van der Waals surface area contributed by atoms with Crippen LogP contribution in [0.1, 0.15) is 61.2 Å². The molecule has 0 bridgehead atoms. The molecule has 0 aliphatic heterocycles. The molecule has 21 heavy (non-hydrogen) atoms. The second-order valence-electron chi connectivity index (χ2n) is 5.50. The quantitative estimate of drug-likeness (QED) is 0.808. The average molecular weight is 302 g/mol. The van der Waals surface area contributed by atoms with Crippen molar-refractivity contribution in [1.29, 1.82) is 0 Å². The van der Waals surface area contributed by atoms with Gasteiger partial charge in [0.15, 0.2) is 0 Å². The summed E-state index contributed by atoms with van der Waals surface area (Å²) >= 11 is 1.81. The van der Waals surface area contributed by atoms with Gasteiger partial charge in [0.2, 0.25) is 0 Å². The Labute approximate surface area is 132 Å². The Morgan fingerprint density at radius 3 is 2.29 bits per heavy atom. The molecule has 0 aliphatic carbocycles. The molecule has 0 radical (unpaired) electrons. The minimum Gasteiger partial charge on any atom is -0.326 e. The van der Waals surface area contributed by atoms with Gasteiger partial charge in [-0.15, -0.1) is 11.3 Å². The Morgan fingerprint density at radius 1 is 1.10 bits per heavy atom. The minimum absolute atomic E-state index is 0.0296. The summed E-state index contributed by atoms with van der Waals surface area (Å²) in [4.78, 5) is 6.26. The smallest absolute Gasteiger partial charge is 0.104 e. The lowest BCUT2D eigenvalue weighted by Gasteiger charge is -2.30. The number of benzene rings is 1. The molecule has 0 fully saturated rings. The van der Waals surface area contributed by atoms with E-state index in [1.807, 2.05) is 11.3 Å². The summed E-state index contributed by atoms with van der Waals surface area (Å²) in [5, 5.41) is 1.24. The van der Waals surface area contributed by atoms with E-state index in [-0.39, 0.29) is 5.41 Å². The van der Waals surface area contributed by atoms with Gasteiger partial charge in [-0.25, -0.2) is 4.98 Å². The zero-order valence-electron chi connectivity index (χ0n) is 13.4. The molecule has 2 aromatic rings. The predicted molar refractivity (Wildman–Crippen MR) is 91.8 cm³/mol. The molecule has 1 aromatic carbocycles. The van der Waals surface area contributed by atoms with Crippen LogP contribution in [0.3, 0.4) is 0 Å². The van der Waals surface area contributed by atoms with E-state index in [2.05, 4.69) is 51.1 Å². The molecule has 0 amide bonds. The van der Waals surface area contributed by atoms with Crippen LogP contribution in [0.25, 0.3) is 0 Å². The van der Waals surface area contributed by atoms with Crippen LogP contribution in [-0.2, 0) is 18.4 Å². The molecular weight excluding hydrogens is 276 g/mol. The molecule has 114 valence electrons.